The maximum Gasteiger partial charge on any atom is 0.225 e. The number of rotatable bonds is 15. The number of methoxy groups -OCH3 is 1. The molecular formula is C32H40N4O3. The Balaban J connectivity index is 1.44. The number of ether oxygens (including phenoxy) is 1. The molecule has 4 aromatic rings. The predicted molar refractivity (Wildman–Crippen MR) is 156 cm³/mol. The van der Waals surface area contributed by atoms with Crippen LogP contribution in [0.15, 0.2) is 54.7 Å². The zero-order chi connectivity index (χ0) is 27.6. The van der Waals surface area contributed by atoms with Crippen LogP contribution in [-0.4, -0.2) is 33.8 Å². The van der Waals surface area contributed by atoms with E-state index in [4.69, 9.17) is 4.74 Å². The number of hydrogen-bond donors (Lipinski definition) is 3. The summed E-state index contributed by atoms with van der Waals surface area (Å²) in [7, 11) is 1.64. The Morgan fingerprint density at radius 3 is 2.56 bits per heavy atom. The number of aromatic nitrogens is 3. The Labute approximate surface area is 230 Å². The second kappa shape index (κ2) is 13.8. The van der Waals surface area contributed by atoms with E-state index < -0.39 is 0 Å². The summed E-state index contributed by atoms with van der Waals surface area (Å²) in [5, 5.41) is 4.24. The smallest absolute Gasteiger partial charge is 0.225 e. The van der Waals surface area contributed by atoms with Gasteiger partial charge in [-0.3, -0.25) is 9.59 Å². The van der Waals surface area contributed by atoms with Crippen molar-refractivity contribution in [1.82, 2.24) is 20.3 Å². The Kier molecular flexibility index (Phi) is 9.95. The Morgan fingerprint density at radius 1 is 1.00 bits per heavy atom. The molecule has 0 radical (unpaired) electrons. The number of aromatic amines is 2. The van der Waals surface area contributed by atoms with Crippen molar-refractivity contribution >= 4 is 22.6 Å². The van der Waals surface area contributed by atoms with Crippen LogP contribution < -0.4 is 10.1 Å². The van der Waals surface area contributed by atoms with Gasteiger partial charge in [-0.15, -0.1) is 0 Å². The van der Waals surface area contributed by atoms with Gasteiger partial charge in [0.15, 0.2) is 0 Å². The molecule has 1 atom stereocenters. The number of benzene rings is 2. The van der Waals surface area contributed by atoms with Gasteiger partial charge in [0.1, 0.15) is 17.4 Å². The maximum atomic E-state index is 13.4. The monoisotopic (exact) mass is 528 g/mol. The number of fused-ring (bicyclic) bond motifs is 1. The molecule has 0 unspecified atom stereocenters. The standard InChI is InChI=1S/C32H40N4O3/c1-4-5-14-24(37)15-10-7-11-16-29(32-33-21-30(36-32)23-12-8-6-9-13-23)35-31(38)20-26-22(2)34-28-18-17-25(39-3)19-27(26)28/h6,8-9,12-13,17-19,21,29,34H,4-5,7,10-11,14-16,20H2,1-3H3,(H,33,36)(H,35,38)/t29-/m0/s1. The third kappa shape index (κ3) is 7.59. The van der Waals surface area contributed by atoms with E-state index in [1.165, 1.54) is 0 Å². The van der Waals surface area contributed by atoms with Crippen LogP contribution in [0.5, 0.6) is 5.75 Å². The highest BCUT2D eigenvalue weighted by Gasteiger charge is 2.20. The normalized spacial score (nSPS) is 12.0. The number of imidazole rings is 1. The minimum Gasteiger partial charge on any atom is -0.497 e. The molecule has 206 valence electrons. The van der Waals surface area contributed by atoms with E-state index in [1.54, 1.807) is 7.11 Å². The zero-order valence-corrected chi connectivity index (χ0v) is 23.3. The first-order valence-electron chi connectivity index (χ1n) is 14.0. The number of Topliss-reactive ketones (excluding diaryl/α,β-unsaturated/α-hetero) is 1. The van der Waals surface area contributed by atoms with Crippen LogP contribution in [0.2, 0.25) is 0 Å². The number of carbonyl (C=O) groups excluding carboxylic acids is 2. The molecule has 2 aromatic carbocycles. The summed E-state index contributed by atoms with van der Waals surface area (Å²) in [6.45, 7) is 4.10. The Hall–Kier alpha value is -3.87. The summed E-state index contributed by atoms with van der Waals surface area (Å²) in [6, 6.07) is 15.7. The van der Waals surface area contributed by atoms with Crippen molar-refractivity contribution in [2.75, 3.05) is 7.11 Å². The number of nitrogens with zero attached hydrogens (tertiary/aromatic N) is 1. The van der Waals surface area contributed by atoms with Crippen molar-refractivity contribution in [1.29, 1.82) is 0 Å². The highest BCUT2D eigenvalue weighted by atomic mass is 16.5. The van der Waals surface area contributed by atoms with Crippen molar-refractivity contribution in [3.63, 3.8) is 0 Å². The first-order chi connectivity index (χ1) is 19.0. The highest BCUT2D eigenvalue weighted by molar-refractivity contribution is 5.91. The average Bonchev–Trinajstić information content (AvgIpc) is 3.56. The van der Waals surface area contributed by atoms with Crippen molar-refractivity contribution in [2.45, 2.75) is 77.7 Å². The maximum absolute atomic E-state index is 13.4. The summed E-state index contributed by atoms with van der Waals surface area (Å²) >= 11 is 0. The molecule has 0 fully saturated rings. The van der Waals surface area contributed by atoms with Crippen molar-refractivity contribution in [3.8, 4) is 17.0 Å². The van der Waals surface area contributed by atoms with E-state index in [0.717, 1.165) is 83.5 Å². The van der Waals surface area contributed by atoms with E-state index in [0.29, 0.717) is 18.6 Å². The van der Waals surface area contributed by atoms with Gasteiger partial charge in [0, 0.05) is 29.4 Å². The molecule has 4 rings (SSSR count). The van der Waals surface area contributed by atoms with Gasteiger partial charge in [0.2, 0.25) is 5.91 Å². The molecule has 0 saturated carbocycles. The van der Waals surface area contributed by atoms with Gasteiger partial charge in [-0.2, -0.15) is 0 Å². The lowest BCUT2D eigenvalue weighted by molar-refractivity contribution is -0.121. The van der Waals surface area contributed by atoms with Crippen LogP contribution in [0.1, 0.15) is 81.4 Å². The molecule has 3 N–H and O–H groups in total. The van der Waals surface area contributed by atoms with Crippen LogP contribution in [0.4, 0.5) is 0 Å². The van der Waals surface area contributed by atoms with Crippen LogP contribution >= 0.6 is 0 Å². The number of nitrogens with one attached hydrogen (secondary N) is 3. The molecule has 0 aliphatic rings. The van der Waals surface area contributed by atoms with Gasteiger partial charge in [-0.05, 0) is 55.5 Å². The first-order valence-corrected chi connectivity index (χ1v) is 14.0. The number of ketones is 1. The van der Waals surface area contributed by atoms with E-state index in [1.807, 2.05) is 61.7 Å². The van der Waals surface area contributed by atoms with Gasteiger partial charge < -0.3 is 20.0 Å². The molecule has 0 bridgehead atoms. The molecule has 0 spiro atoms. The van der Waals surface area contributed by atoms with Crippen molar-refractivity contribution in [2.24, 2.45) is 0 Å². The Morgan fingerprint density at radius 2 is 1.79 bits per heavy atom. The molecule has 39 heavy (non-hydrogen) atoms. The lowest BCUT2D eigenvalue weighted by atomic mass is 10.0. The van der Waals surface area contributed by atoms with Gasteiger partial charge in [0.25, 0.3) is 0 Å². The number of carbonyl (C=O) groups is 2. The predicted octanol–water partition coefficient (Wildman–Crippen LogP) is 6.98. The highest BCUT2D eigenvalue weighted by Crippen LogP contribution is 2.28. The fraction of sp³-hybridized carbons (Fsp3) is 0.406. The lowest BCUT2D eigenvalue weighted by Crippen LogP contribution is -2.30. The second-order valence-corrected chi connectivity index (χ2v) is 10.2. The summed E-state index contributed by atoms with van der Waals surface area (Å²) in [6.07, 6.45) is 8.89. The summed E-state index contributed by atoms with van der Waals surface area (Å²) in [4.78, 5) is 36.8. The zero-order valence-electron chi connectivity index (χ0n) is 23.3. The van der Waals surface area contributed by atoms with E-state index >= 15 is 0 Å². The largest absolute Gasteiger partial charge is 0.497 e. The molecule has 1 amide bonds. The van der Waals surface area contributed by atoms with Crippen LogP contribution in [0.3, 0.4) is 0 Å². The minimum absolute atomic E-state index is 0.0563. The number of aryl methyl sites for hydroxylation is 1. The molecule has 0 aliphatic carbocycles. The van der Waals surface area contributed by atoms with Gasteiger partial charge in [-0.25, -0.2) is 4.98 Å². The Bertz CT molecular complexity index is 1370. The minimum atomic E-state index is -0.245. The van der Waals surface area contributed by atoms with Crippen LogP contribution in [0, 0.1) is 6.92 Å². The van der Waals surface area contributed by atoms with E-state index in [9.17, 15) is 9.59 Å². The fourth-order valence-corrected chi connectivity index (χ4v) is 5.02. The lowest BCUT2D eigenvalue weighted by Gasteiger charge is -2.17. The average molecular weight is 529 g/mol. The molecule has 7 nitrogen and oxygen atoms in total. The molecule has 0 aliphatic heterocycles. The topological polar surface area (TPSA) is 99.9 Å². The number of hydrogen-bond acceptors (Lipinski definition) is 4. The fourth-order valence-electron chi connectivity index (χ4n) is 5.02. The first kappa shape index (κ1) is 28.1. The number of unbranched alkanes of at least 4 members (excludes halogenated alkanes) is 3. The van der Waals surface area contributed by atoms with E-state index in [2.05, 4.69) is 27.2 Å². The third-order valence-electron chi connectivity index (χ3n) is 7.27. The molecule has 7 heteroatoms. The summed E-state index contributed by atoms with van der Waals surface area (Å²) in [5.74, 6) is 1.81. The summed E-state index contributed by atoms with van der Waals surface area (Å²) in [5.41, 5.74) is 4.90. The number of H-pyrrole nitrogens is 2. The van der Waals surface area contributed by atoms with Crippen LogP contribution in [0.25, 0.3) is 22.2 Å². The van der Waals surface area contributed by atoms with Crippen molar-refractivity contribution in [3.05, 3.63) is 71.8 Å². The third-order valence-corrected chi connectivity index (χ3v) is 7.27. The van der Waals surface area contributed by atoms with E-state index in [-0.39, 0.29) is 18.4 Å². The SMILES string of the molecule is CCCCC(=O)CCCCC[C@H](NC(=O)Cc1c(C)[nH]c2ccc(OC)cc12)c1ncc(-c2ccccc2)[nH]1. The summed E-state index contributed by atoms with van der Waals surface area (Å²) < 4.78 is 5.40. The van der Waals surface area contributed by atoms with Gasteiger partial charge in [-0.1, -0.05) is 56.5 Å². The molecule has 0 saturated heterocycles. The van der Waals surface area contributed by atoms with Crippen molar-refractivity contribution < 1.29 is 14.3 Å². The second-order valence-electron chi connectivity index (χ2n) is 10.2. The molecular weight excluding hydrogens is 488 g/mol. The molecule has 2 aromatic heterocycles. The van der Waals surface area contributed by atoms with Gasteiger partial charge in [0.05, 0.1) is 31.5 Å². The number of amides is 1. The molecule has 2 heterocycles. The van der Waals surface area contributed by atoms with Gasteiger partial charge >= 0.3 is 0 Å². The quantitative estimate of drug-likeness (QED) is 0.145. The van der Waals surface area contributed by atoms with Crippen LogP contribution in [-0.2, 0) is 16.0 Å².